The predicted octanol–water partition coefficient (Wildman–Crippen LogP) is 4.65. The third kappa shape index (κ3) is 39.3. The van der Waals surface area contributed by atoms with E-state index in [0.29, 0.717) is 125 Å². The molecule has 0 bridgehead atoms. The summed E-state index contributed by atoms with van der Waals surface area (Å²) in [6.07, 6.45) is 8.82. The molecule has 0 radical (unpaired) electrons. The molecule has 0 aromatic heterocycles. The van der Waals surface area contributed by atoms with E-state index < -0.39 is 8.32 Å². The Morgan fingerprint density at radius 3 is 1.07 bits per heavy atom. The molecule has 0 atom stereocenters. The van der Waals surface area contributed by atoms with Crippen LogP contribution in [0.3, 0.4) is 0 Å². The van der Waals surface area contributed by atoms with Crippen molar-refractivity contribution in [2.75, 3.05) is 119 Å². The van der Waals surface area contributed by atoms with Crippen LogP contribution in [0.1, 0.15) is 58.3 Å². The van der Waals surface area contributed by atoms with Crippen LogP contribution in [0.15, 0.2) is 0 Å². The quantitative estimate of drug-likeness (QED) is 0.0542. The monoisotopic (exact) mass is 640 g/mol. The highest BCUT2D eigenvalue weighted by atomic mass is 28.4. The molecule has 0 saturated carbocycles. The van der Waals surface area contributed by atoms with Crippen molar-refractivity contribution in [1.82, 2.24) is 0 Å². The maximum absolute atomic E-state index is 11.7. The Morgan fingerprint density at radius 1 is 0.419 bits per heavy atom. The highest BCUT2D eigenvalue weighted by Gasteiger charge is 2.13. The smallest absolute Gasteiger partial charge is 0.305 e. The van der Waals surface area contributed by atoms with Gasteiger partial charge in [0.15, 0.2) is 8.32 Å². The molecule has 0 aromatic rings. The van der Waals surface area contributed by atoms with Gasteiger partial charge in [0.2, 0.25) is 0 Å². The summed E-state index contributed by atoms with van der Waals surface area (Å²) in [5.74, 6) is -0.137. The van der Waals surface area contributed by atoms with Crippen molar-refractivity contribution >= 4 is 14.3 Å². The molecule has 0 aliphatic carbocycles. The maximum atomic E-state index is 11.7. The Labute approximate surface area is 262 Å². The molecule has 0 aliphatic rings. The average molecular weight is 641 g/mol. The van der Waals surface area contributed by atoms with E-state index in [9.17, 15) is 4.79 Å². The summed E-state index contributed by atoms with van der Waals surface area (Å²) in [6.45, 7) is 17.8. The first-order chi connectivity index (χ1) is 21.0. The number of ether oxygens (including phenoxy) is 9. The SMILES string of the molecule is CCCCCCCCCC(=O)OCCOCCOCCOCCOCCOCCOCCOCCOCCO[Si](C)(C)C. The van der Waals surface area contributed by atoms with Gasteiger partial charge in [0.1, 0.15) is 6.61 Å². The van der Waals surface area contributed by atoms with Crippen molar-refractivity contribution in [1.29, 1.82) is 0 Å². The lowest BCUT2D eigenvalue weighted by molar-refractivity contribution is -0.145. The normalized spacial score (nSPS) is 11.8. The minimum absolute atomic E-state index is 0.137. The van der Waals surface area contributed by atoms with Gasteiger partial charge in [-0.25, -0.2) is 0 Å². The van der Waals surface area contributed by atoms with Gasteiger partial charge in [-0.15, -0.1) is 0 Å². The Bertz CT molecular complexity index is 564. The number of unbranched alkanes of at least 4 members (excludes halogenated alkanes) is 6. The van der Waals surface area contributed by atoms with Gasteiger partial charge in [0, 0.05) is 6.42 Å². The Morgan fingerprint density at radius 2 is 0.721 bits per heavy atom. The van der Waals surface area contributed by atoms with Gasteiger partial charge < -0.3 is 47.1 Å². The molecule has 12 heteroatoms. The maximum Gasteiger partial charge on any atom is 0.305 e. The first kappa shape index (κ1) is 42.3. The van der Waals surface area contributed by atoms with Gasteiger partial charge in [-0.1, -0.05) is 45.4 Å². The molecule has 0 aliphatic heterocycles. The lowest BCUT2D eigenvalue weighted by Gasteiger charge is -2.16. The van der Waals surface area contributed by atoms with E-state index in [1.165, 1.54) is 32.1 Å². The molecule has 0 heterocycles. The van der Waals surface area contributed by atoms with Crippen molar-refractivity contribution in [2.45, 2.75) is 77.9 Å². The number of hydrogen-bond donors (Lipinski definition) is 0. The highest BCUT2D eigenvalue weighted by molar-refractivity contribution is 6.69. The van der Waals surface area contributed by atoms with Crippen molar-refractivity contribution < 1.29 is 51.9 Å². The minimum Gasteiger partial charge on any atom is -0.463 e. The number of carbonyl (C=O) groups excluding carboxylic acids is 1. The van der Waals surface area contributed by atoms with E-state index in [1.807, 2.05) is 0 Å². The van der Waals surface area contributed by atoms with E-state index in [2.05, 4.69) is 26.6 Å². The standard InChI is InChI=1S/C31H64O11Si/c1-5-6-7-8-9-10-11-12-31(32)41-29-27-39-25-23-37-21-19-35-17-15-33-13-14-34-16-18-36-20-22-38-24-26-40-28-30-42-43(2,3)4/h5-30H2,1-4H3. The summed E-state index contributed by atoms with van der Waals surface area (Å²) >= 11 is 0. The zero-order valence-corrected chi connectivity index (χ0v) is 28.9. The summed E-state index contributed by atoms with van der Waals surface area (Å²) in [7, 11) is -1.45. The van der Waals surface area contributed by atoms with Crippen LogP contribution in [0.4, 0.5) is 0 Å². The van der Waals surface area contributed by atoms with Crippen LogP contribution < -0.4 is 0 Å². The number of hydrogen-bond acceptors (Lipinski definition) is 11. The van der Waals surface area contributed by atoms with Crippen molar-refractivity contribution in [3.63, 3.8) is 0 Å². The van der Waals surface area contributed by atoms with Gasteiger partial charge in [-0.05, 0) is 26.1 Å². The largest absolute Gasteiger partial charge is 0.463 e. The molecule has 11 nitrogen and oxygen atoms in total. The molecule has 0 rings (SSSR count). The summed E-state index contributed by atoms with van der Waals surface area (Å²) < 4.78 is 54.6. The van der Waals surface area contributed by atoms with E-state index in [0.717, 1.165) is 12.8 Å². The van der Waals surface area contributed by atoms with Gasteiger partial charge in [0.25, 0.3) is 0 Å². The summed E-state index contributed by atoms with van der Waals surface area (Å²) in [4.78, 5) is 11.7. The van der Waals surface area contributed by atoms with Gasteiger partial charge >= 0.3 is 5.97 Å². The van der Waals surface area contributed by atoms with Crippen LogP contribution in [0.2, 0.25) is 19.6 Å². The summed E-state index contributed by atoms with van der Waals surface area (Å²) in [5.41, 5.74) is 0. The minimum atomic E-state index is -1.45. The van der Waals surface area contributed by atoms with Crippen LogP contribution in [0.25, 0.3) is 0 Å². The zero-order valence-electron chi connectivity index (χ0n) is 27.9. The Hall–Kier alpha value is -0.673. The second-order valence-corrected chi connectivity index (χ2v) is 15.5. The summed E-state index contributed by atoms with van der Waals surface area (Å²) in [5, 5.41) is 0. The topological polar surface area (TPSA) is 109 Å². The van der Waals surface area contributed by atoms with E-state index in [-0.39, 0.29) is 5.97 Å². The average Bonchev–Trinajstić information content (AvgIpc) is 2.97. The van der Waals surface area contributed by atoms with Crippen molar-refractivity contribution in [3.05, 3.63) is 0 Å². The molecule has 43 heavy (non-hydrogen) atoms. The van der Waals surface area contributed by atoms with E-state index >= 15 is 0 Å². The van der Waals surface area contributed by atoms with Crippen LogP contribution in [0.5, 0.6) is 0 Å². The number of rotatable bonds is 36. The molecule has 0 N–H and O–H groups in total. The predicted molar refractivity (Wildman–Crippen MR) is 169 cm³/mol. The molecular formula is C31H64O11Si. The van der Waals surface area contributed by atoms with Gasteiger partial charge in [0.05, 0.1) is 112 Å². The van der Waals surface area contributed by atoms with Crippen LogP contribution in [-0.2, 0) is 51.9 Å². The molecule has 0 unspecified atom stereocenters. The second-order valence-electron chi connectivity index (χ2n) is 11.0. The van der Waals surface area contributed by atoms with Crippen molar-refractivity contribution in [3.8, 4) is 0 Å². The second kappa shape index (κ2) is 34.2. The number of carbonyl (C=O) groups is 1. The Kier molecular flexibility index (Phi) is 33.7. The first-order valence-electron chi connectivity index (χ1n) is 16.4. The third-order valence-corrected chi connectivity index (χ3v) is 6.91. The zero-order chi connectivity index (χ0) is 31.5. The van der Waals surface area contributed by atoms with Crippen LogP contribution in [-0.4, -0.2) is 133 Å². The first-order valence-corrected chi connectivity index (χ1v) is 19.8. The fourth-order valence-electron chi connectivity index (χ4n) is 3.56. The fourth-order valence-corrected chi connectivity index (χ4v) is 4.26. The molecule has 0 fully saturated rings. The van der Waals surface area contributed by atoms with Gasteiger partial charge in [-0.3, -0.25) is 4.79 Å². The summed E-state index contributed by atoms with van der Waals surface area (Å²) in [6, 6.07) is 0. The Balaban J connectivity index is 3.12. The van der Waals surface area contributed by atoms with Crippen LogP contribution in [0, 0.1) is 0 Å². The lowest BCUT2D eigenvalue weighted by atomic mass is 10.1. The fraction of sp³-hybridized carbons (Fsp3) is 0.968. The van der Waals surface area contributed by atoms with Gasteiger partial charge in [-0.2, -0.15) is 0 Å². The molecule has 0 saturated heterocycles. The van der Waals surface area contributed by atoms with E-state index in [1.54, 1.807) is 0 Å². The molecule has 0 spiro atoms. The molecule has 258 valence electrons. The molecule has 0 aromatic carbocycles. The third-order valence-electron chi connectivity index (χ3n) is 5.84. The van der Waals surface area contributed by atoms with Crippen molar-refractivity contribution in [2.24, 2.45) is 0 Å². The molecular weight excluding hydrogens is 576 g/mol. The highest BCUT2D eigenvalue weighted by Crippen LogP contribution is 2.08. The number of esters is 1. The van der Waals surface area contributed by atoms with Crippen LogP contribution >= 0.6 is 0 Å². The molecule has 0 amide bonds. The lowest BCUT2D eigenvalue weighted by Crippen LogP contribution is -2.27. The van der Waals surface area contributed by atoms with E-state index in [4.69, 9.17) is 47.1 Å².